The van der Waals surface area contributed by atoms with Crippen molar-refractivity contribution in [1.29, 1.82) is 0 Å². The van der Waals surface area contributed by atoms with Crippen molar-refractivity contribution in [2.75, 3.05) is 20.3 Å². The fraction of sp³-hybridized carbons (Fsp3) is 1.00. The van der Waals surface area contributed by atoms with E-state index < -0.39 is 0 Å². The molecule has 1 N–H and O–H groups in total. The molecule has 0 aliphatic heterocycles. The Morgan fingerprint density at radius 2 is 1.92 bits per heavy atom. The number of aliphatic hydroxyl groups excluding tert-OH is 1. The molecule has 1 atom stereocenters. The summed E-state index contributed by atoms with van der Waals surface area (Å²) in [6.45, 7) is 7.97. The van der Waals surface area contributed by atoms with Crippen LogP contribution in [0.4, 0.5) is 0 Å². The minimum atomic E-state index is 0.176. The van der Waals surface area contributed by atoms with Crippen LogP contribution in [0.1, 0.15) is 40.0 Å². The van der Waals surface area contributed by atoms with Gasteiger partial charge in [0.1, 0.15) is 0 Å². The van der Waals surface area contributed by atoms with Gasteiger partial charge in [0, 0.05) is 6.54 Å². The van der Waals surface area contributed by atoms with Crippen LogP contribution in [0, 0.1) is 11.8 Å². The van der Waals surface area contributed by atoms with E-state index in [4.69, 9.17) is 5.11 Å². The van der Waals surface area contributed by atoms with E-state index in [-0.39, 0.29) is 6.73 Å². The van der Waals surface area contributed by atoms with Crippen LogP contribution in [0.15, 0.2) is 0 Å². The summed E-state index contributed by atoms with van der Waals surface area (Å²) in [4.78, 5) is 1.99. The number of rotatable bonds is 7. The zero-order valence-electron chi connectivity index (χ0n) is 9.58. The summed E-state index contributed by atoms with van der Waals surface area (Å²) in [7, 11) is 1.97. The van der Waals surface area contributed by atoms with Crippen LogP contribution in [-0.4, -0.2) is 30.3 Å². The van der Waals surface area contributed by atoms with Crippen LogP contribution in [0.2, 0.25) is 0 Å². The molecule has 0 aromatic rings. The lowest BCUT2D eigenvalue weighted by atomic mass is 9.90. The molecule has 80 valence electrons. The quantitative estimate of drug-likeness (QED) is 0.618. The van der Waals surface area contributed by atoms with Crippen molar-refractivity contribution in [3.05, 3.63) is 0 Å². The van der Waals surface area contributed by atoms with Crippen LogP contribution in [0.25, 0.3) is 0 Å². The van der Waals surface area contributed by atoms with Gasteiger partial charge in [0.2, 0.25) is 0 Å². The van der Waals surface area contributed by atoms with E-state index in [1.54, 1.807) is 0 Å². The van der Waals surface area contributed by atoms with Gasteiger partial charge in [-0.05, 0) is 25.3 Å². The number of aliphatic hydroxyl groups is 1. The molecule has 13 heavy (non-hydrogen) atoms. The van der Waals surface area contributed by atoms with Gasteiger partial charge in [0.25, 0.3) is 0 Å². The molecule has 0 saturated heterocycles. The molecule has 2 nitrogen and oxygen atoms in total. The van der Waals surface area contributed by atoms with Crippen LogP contribution < -0.4 is 0 Å². The molecule has 0 aromatic heterocycles. The fourth-order valence-electron chi connectivity index (χ4n) is 1.56. The average Bonchev–Trinajstić information content (AvgIpc) is 2.11. The molecule has 0 aliphatic carbocycles. The summed E-state index contributed by atoms with van der Waals surface area (Å²) in [6.07, 6.45) is 3.87. The maximum atomic E-state index is 8.92. The standard InChI is InChI=1S/C11H25NO/c1-5-6-7-11(10(2)3)8-12(4)9-13/h10-11,13H,5-9H2,1-4H3. The van der Waals surface area contributed by atoms with Crippen molar-refractivity contribution in [1.82, 2.24) is 4.90 Å². The van der Waals surface area contributed by atoms with E-state index >= 15 is 0 Å². The lowest BCUT2D eigenvalue weighted by Crippen LogP contribution is -2.29. The molecule has 0 aromatic carbocycles. The molecule has 0 fully saturated rings. The van der Waals surface area contributed by atoms with Crippen molar-refractivity contribution in [3.63, 3.8) is 0 Å². The molecular formula is C11H25NO. The van der Waals surface area contributed by atoms with E-state index in [1.807, 2.05) is 11.9 Å². The summed E-state index contributed by atoms with van der Waals surface area (Å²) in [5, 5.41) is 8.92. The van der Waals surface area contributed by atoms with Crippen molar-refractivity contribution in [2.45, 2.75) is 40.0 Å². The predicted octanol–water partition coefficient (Wildman–Crippen LogP) is 2.33. The molecule has 1 unspecified atom stereocenters. The van der Waals surface area contributed by atoms with Crippen molar-refractivity contribution < 1.29 is 5.11 Å². The van der Waals surface area contributed by atoms with E-state index in [2.05, 4.69) is 20.8 Å². The SMILES string of the molecule is CCCCC(CN(C)CO)C(C)C. The Balaban J connectivity index is 3.79. The second-order valence-electron chi connectivity index (χ2n) is 4.33. The first kappa shape index (κ1) is 12.9. The third-order valence-corrected chi connectivity index (χ3v) is 2.66. The third-order valence-electron chi connectivity index (χ3n) is 2.66. The number of nitrogens with zero attached hydrogens (tertiary/aromatic N) is 1. The van der Waals surface area contributed by atoms with Gasteiger partial charge in [-0.15, -0.1) is 0 Å². The minimum absolute atomic E-state index is 0.176. The summed E-state index contributed by atoms with van der Waals surface area (Å²) >= 11 is 0. The third kappa shape index (κ3) is 6.05. The first-order chi connectivity index (χ1) is 6.11. The highest BCUT2D eigenvalue weighted by Gasteiger charge is 2.14. The molecule has 0 bridgehead atoms. The van der Waals surface area contributed by atoms with Crippen LogP contribution in [0.5, 0.6) is 0 Å². The Morgan fingerprint density at radius 1 is 1.31 bits per heavy atom. The van der Waals surface area contributed by atoms with Gasteiger partial charge in [-0.3, -0.25) is 4.90 Å². The van der Waals surface area contributed by atoms with Crippen molar-refractivity contribution in [2.24, 2.45) is 11.8 Å². The maximum absolute atomic E-state index is 8.92. The van der Waals surface area contributed by atoms with Crippen molar-refractivity contribution in [3.8, 4) is 0 Å². The molecule has 0 rings (SSSR count). The Bertz CT molecular complexity index is 115. The van der Waals surface area contributed by atoms with Crippen LogP contribution in [-0.2, 0) is 0 Å². The van der Waals surface area contributed by atoms with E-state index in [0.29, 0.717) is 0 Å². The Labute approximate surface area is 82.9 Å². The van der Waals surface area contributed by atoms with Gasteiger partial charge in [-0.2, -0.15) is 0 Å². The molecule has 0 spiro atoms. The zero-order chi connectivity index (χ0) is 10.3. The van der Waals surface area contributed by atoms with Crippen LogP contribution >= 0.6 is 0 Å². The maximum Gasteiger partial charge on any atom is 0.0954 e. The van der Waals surface area contributed by atoms with Gasteiger partial charge in [-0.25, -0.2) is 0 Å². The molecular weight excluding hydrogens is 162 g/mol. The minimum Gasteiger partial charge on any atom is -0.381 e. The number of hydrogen-bond donors (Lipinski definition) is 1. The lowest BCUT2D eigenvalue weighted by molar-refractivity contribution is 0.104. The number of hydrogen-bond acceptors (Lipinski definition) is 2. The van der Waals surface area contributed by atoms with E-state index in [9.17, 15) is 0 Å². The predicted molar refractivity (Wildman–Crippen MR) is 57.6 cm³/mol. The molecule has 2 heteroatoms. The van der Waals surface area contributed by atoms with Gasteiger partial charge < -0.3 is 5.11 Å². The highest BCUT2D eigenvalue weighted by Crippen LogP contribution is 2.18. The van der Waals surface area contributed by atoms with Crippen molar-refractivity contribution >= 4 is 0 Å². The first-order valence-corrected chi connectivity index (χ1v) is 5.41. The normalized spacial score (nSPS) is 14.1. The molecule has 0 amide bonds. The molecule has 0 aliphatic rings. The zero-order valence-corrected chi connectivity index (χ0v) is 9.58. The largest absolute Gasteiger partial charge is 0.381 e. The lowest BCUT2D eigenvalue weighted by Gasteiger charge is -2.25. The summed E-state index contributed by atoms with van der Waals surface area (Å²) in [6, 6.07) is 0. The molecule has 0 radical (unpaired) electrons. The summed E-state index contributed by atoms with van der Waals surface area (Å²) in [5.74, 6) is 1.46. The Morgan fingerprint density at radius 3 is 2.31 bits per heavy atom. The highest BCUT2D eigenvalue weighted by atomic mass is 16.3. The Hall–Kier alpha value is -0.0800. The van der Waals surface area contributed by atoms with Gasteiger partial charge in [-0.1, -0.05) is 33.6 Å². The highest BCUT2D eigenvalue weighted by molar-refractivity contribution is 4.66. The second-order valence-corrected chi connectivity index (χ2v) is 4.33. The van der Waals surface area contributed by atoms with Gasteiger partial charge >= 0.3 is 0 Å². The first-order valence-electron chi connectivity index (χ1n) is 5.41. The molecule has 0 saturated carbocycles. The average molecular weight is 187 g/mol. The summed E-state index contributed by atoms with van der Waals surface area (Å²) in [5.41, 5.74) is 0. The molecule has 0 heterocycles. The number of unbranched alkanes of at least 4 members (excludes halogenated alkanes) is 1. The van der Waals surface area contributed by atoms with Crippen LogP contribution in [0.3, 0.4) is 0 Å². The smallest absolute Gasteiger partial charge is 0.0954 e. The van der Waals surface area contributed by atoms with E-state index in [1.165, 1.54) is 19.3 Å². The second kappa shape index (κ2) is 7.34. The monoisotopic (exact) mass is 187 g/mol. The summed E-state index contributed by atoms with van der Waals surface area (Å²) < 4.78 is 0. The Kier molecular flexibility index (Phi) is 7.29. The fourth-order valence-corrected chi connectivity index (χ4v) is 1.56. The van der Waals surface area contributed by atoms with Gasteiger partial charge in [0.05, 0.1) is 6.73 Å². The topological polar surface area (TPSA) is 23.5 Å². The van der Waals surface area contributed by atoms with Gasteiger partial charge in [0.15, 0.2) is 0 Å². The van der Waals surface area contributed by atoms with E-state index in [0.717, 1.165) is 18.4 Å².